The van der Waals surface area contributed by atoms with Gasteiger partial charge in [-0.2, -0.15) is 0 Å². The molecule has 3 aromatic carbocycles. The molecule has 0 heterocycles. The van der Waals surface area contributed by atoms with Crippen molar-refractivity contribution in [2.45, 2.75) is 20.0 Å². The molecule has 0 spiro atoms. The van der Waals surface area contributed by atoms with Crippen molar-refractivity contribution in [1.29, 1.82) is 0 Å². The maximum absolute atomic E-state index is 12.0. The Kier molecular flexibility index (Phi) is 9.10. The van der Waals surface area contributed by atoms with Gasteiger partial charge in [0.25, 0.3) is 0 Å². The van der Waals surface area contributed by atoms with Gasteiger partial charge >= 0.3 is 17.9 Å². The lowest BCUT2D eigenvalue weighted by Crippen LogP contribution is -2.12. The van der Waals surface area contributed by atoms with Crippen LogP contribution < -0.4 is 14.2 Å². The Morgan fingerprint density at radius 3 is 1.79 bits per heavy atom. The maximum atomic E-state index is 12.0. The normalized spacial score (nSPS) is 11.1. The smallest absolute Gasteiger partial charge is 0.338 e. The quantitative estimate of drug-likeness (QED) is 0.116. The summed E-state index contributed by atoms with van der Waals surface area (Å²) in [6, 6.07) is 18.6. The summed E-state index contributed by atoms with van der Waals surface area (Å²) in [5.41, 5.74) is 3.22. The van der Waals surface area contributed by atoms with Gasteiger partial charge in [0.15, 0.2) is 11.5 Å². The summed E-state index contributed by atoms with van der Waals surface area (Å²) >= 11 is 0. The van der Waals surface area contributed by atoms with Gasteiger partial charge in [-0.25, -0.2) is 19.3 Å². The van der Waals surface area contributed by atoms with Crippen molar-refractivity contribution in [2.24, 2.45) is 0 Å². The van der Waals surface area contributed by atoms with Gasteiger partial charge in [0, 0.05) is 17.2 Å². The summed E-state index contributed by atoms with van der Waals surface area (Å²) in [5, 5.41) is 9.70. The lowest BCUT2D eigenvalue weighted by Gasteiger charge is -2.17. The highest BCUT2D eigenvalue weighted by Crippen LogP contribution is 2.35. The molecule has 8 nitrogen and oxygen atoms in total. The number of esters is 3. The van der Waals surface area contributed by atoms with E-state index >= 15 is 0 Å². The van der Waals surface area contributed by atoms with Gasteiger partial charge in [-0.1, -0.05) is 62.2 Å². The zero-order chi connectivity index (χ0) is 27.8. The summed E-state index contributed by atoms with van der Waals surface area (Å²) in [5.74, 6) is -1.63. The standard InChI is InChI=1S/C30H26O8/c1-6-27(31)36-26-17-23(13-16-25(26)37-30(33)19(4)5)28(38-34)22-9-7-20(8-10-22)21-11-14-24(15-12-21)35-29(32)18(2)3/h6-17,28,34H,1-2,4H2,3,5H3. The second-order valence-corrected chi connectivity index (χ2v) is 8.30. The van der Waals surface area contributed by atoms with Crippen molar-refractivity contribution in [2.75, 3.05) is 0 Å². The maximum Gasteiger partial charge on any atom is 0.338 e. The van der Waals surface area contributed by atoms with Crippen LogP contribution in [-0.2, 0) is 19.3 Å². The van der Waals surface area contributed by atoms with Crippen LogP contribution in [0, 0.1) is 0 Å². The van der Waals surface area contributed by atoms with E-state index < -0.39 is 24.0 Å². The molecule has 3 rings (SSSR count). The first kappa shape index (κ1) is 27.8. The van der Waals surface area contributed by atoms with Crippen molar-refractivity contribution in [1.82, 2.24) is 0 Å². The highest BCUT2D eigenvalue weighted by Gasteiger charge is 2.20. The number of benzene rings is 3. The minimum absolute atomic E-state index is 0.0126. The van der Waals surface area contributed by atoms with E-state index in [1.165, 1.54) is 19.1 Å². The van der Waals surface area contributed by atoms with Crippen LogP contribution in [0.25, 0.3) is 11.1 Å². The third kappa shape index (κ3) is 6.91. The highest BCUT2D eigenvalue weighted by atomic mass is 17.1. The third-order valence-electron chi connectivity index (χ3n) is 5.26. The molecule has 0 fully saturated rings. The van der Waals surface area contributed by atoms with Crippen LogP contribution >= 0.6 is 0 Å². The molecule has 0 amide bonds. The molecule has 194 valence electrons. The van der Waals surface area contributed by atoms with Gasteiger partial charge < -0.3 is 14.2 Å². The first-order chi connectivity index (χ1) is 18.1. The van der Waals surface area contributed by atoms with Crippen LogP contribution in [0.5, 0.6) is 17.2 Å². The topological polar surface area (TPSA) is 108 Å². The van der Waals surface area contributed by atoms with E-state index in [0.29, 0.717) is 22.4 Å². The Balaban J connectivity index is 1.86. The van der Waals surface area contributed by atoms with E-state index in [2.05, 4.69) is 19.7 Å². The molecule has 3 aromatic rings. The molecule has 0 radical (unpaired) electrons. The molecule has 8 heteroatoms. The van der Waals surface area contributed by atoms with E-state index in [4.69, 9.17) is 19.1 Å². The van der Waals surface area contributed by atoms with Crippen molar-refractivity contribution in [3.63, 3.8) is 0 Å². The summed E-state index contributed by atoms with van der Waals surface area (Å²) in [7, 11) is 0. The fraction of sp³-hybridized carbons (Fsp3) is 0.100. The largest absolute Gasteiger partial charge is 0.423 e. The Hall–Kier alpha value is -4.79. The number of carbonyl (C=O) groups is 3. The fourth-order valence-electron chi connectivity index (χ4n) is 3.26. The molecule has 0 aliphatic rings. The predicted octanol–water partition coefficient (Wildman–Crippen LogP) is 5.99. The Morgan fingerprint density at radius 2 is 1.26 bits per heavy atom. The van der Waals surface area contributed by atoms with E-state index in [0.717, 1.165) is 17.2 Å². The minimum Gasteiger partial charge on any atom is -0.423 e. The first-order valence-corrected chi connectivity index (χ1v) is 11.4. The van der Waals surface area contributed by atoms with Crippen LogP contribution in [0.1, 0.15) is 31.1 Å². The van der Waals surface area contributed by atoms with Crippen molar-refractivity contribution < 1.29 is 38.7 Å². The van der Waals surface area contributed by atoms with Gasteiger partial charge in [0.1, 0.15) is 11.9 Å². The number of ether oxygens (including phenoxy) is 3. The second-order valence-electron chi connectivity index (χ2n) is 8.30. The lowest BCUT2D eigenvalue weighted by molar-refractivity contribution is -0.270. The molecule has 1 unspecified atom stereocenters. The number of rotatable bonds is 10. The molecule has 1 N–H and O–H groups in total. The van der Waals surface area contributed by atoms with E-state index in [9.17, 15) is 19.6 Å². The number of hydrogen-bond acceptors (Lipinski definition) is 8. The summed E-state index contributed by atoms with van der Waals surface area (Å²) < 4.78 is 15.7. The van der Waals surface area contributed by atoms with E-state index in [-0.39, 0.29) is 17.1 Å². The molecule has 0 bridgehead atoms. The summed E-state index contributed by atoms with van der Waals surface area (Å²) in [4.78, 5) is 40.3. The fourth-order valence-corrected chi connectivity index (χ4v) is 3.26. The van der Waals surface area contributed by atoms with Crippen molar-refractivity contribution in [3.8, 4) is 28.4 Å². The monoisotopic (exact) mass is 514 g/mol. The number of carbonyl (C=O) groups excluding carboxylic acids is 3. The molecular weight excluding hydrogens is 488 g/mol. The summed E-state index contributed by atoms with van der Waals surface area (Å²) in [6.07, 6.45) is 0.0207. The van der Waals surface area contributed by atoms with Gasteiger partial charge in [0.2, 0.25) is 0 Å². The average Bonchev–Trinajstić information content (AvgIpc) is 2.91. The molecule has 0 saturated carbocycles. The van der Waals surface area contributed by atoms with Crippen LogP contribution in [0.2, 0.25) is 0 Å². The van der Waals surface area contributed by atoms with Gasteiger partial charge in [0.05, 0.1) is 0 Å². The van der Waals surface area contributed by atoms with Gasteiger partial charge in [-0.3, -0.25) is 5.26 Å². The van der Waals surface area contributed by atoms with E-state index in [1.54, 1.807) is 49.4 Å². The zero-order valence-corrected chi connectivity index (χ0v) is 20.9. The lowest BCUT2D eigenvalue weighted by atomic mass is 9.98. The van der Waals surface area contributed by atoms with Crippen LogP contribution in [0.4, 0.5) is 0 Å². The zero-order valence-electron chi connectivity index (χ0n) is 20.9. The number of hydrogen-bond donors (Lipinski definition) is 1. The van der Waals surface area contributed by atoms with E-state index in [1.807, 2.05) is 12.1 Å². The molecule has 1 atom stereocenters. The second kappa shape index (κ2) is 12.4. The summed E-state index contributed by atoms with van der Waals surface area (Å²) in [6.45, 7) is 13.5. The first-order valence-electron chi connectivity index (χ1n) is 11.4. The minimum atomic E-state index is -0.944. The van der Waals surface area contributed by atoms with Crippen LogP contribution in [0.3, 0.4) is 0 Å². The van der Waals surface area contributed by atoms with Crippen molar-refractivity contribution in [3.05, 3.63) is 115 Å². The highest BCUT2D eigenvalue weighted by molar-refractivity contribution is 5.90. The Bertz CT molecular complexity index is 1380. The molecule has 38 heavy (non-hydrogen) atoms. The molecule has 0 aliphatic carbocycles. The van der Waals surface area contributed by atoms with Crippen molar-refractivity contribution >= 4 is 17.9 Å². The third-order valence-corrected chi connectivity index (χ3v) is 5.26. The van der Waals surface area contributed by atoms with Gasteiger partial charge in [-0.05, 0) is 60.4 Å². The molecule has 0 aliphatic heterocycles. The molecular formula is C30H26O8. The Labute approximate surface area is 220 Å². The van der Waals surface area contributed by atoms with Gasteiger partial charge in [-0.15, -0.1) is 0 Å². The predicted molar refractivity (Wildman–Crippen MR) is 141 cm³/mol. The SMILES string of the molecule is C=CC(=O)Oc1cc(C(OO)c2ccc(-c3ccc(OC(=O)C(=C)C)cc3)cc2)ccc1OC(=O)C(=C)C. The Morgan fingerprint density at radius 1 is 0.737 bits per heavy atom. The van der Waals surface area contributed by atoms with Crippen LogP contribution in [0.15, 0.2) is 104 Å². The average molecular weight is 515 g/mol. The van der Waals surface area contributed by atoms with Crippen LogP contribution in [-0.4, -0.2) is 23.2 Å². The molecule has 0 saturated heterocycles. The molecule has 0 aromatic heterocycles.